The third-order valence-electron chi connectivity index (χ3n) is 3.37. The Bertz CT molecular complexity index is 570. The fourth-order valence-electron chi connectivity index (χ4n) is 1.95. The number of aromatic amines is 1. The van der Waals surface area contributed by atoms with E-state index in [0.29, 0.717) is 17.9 Å². The SMILES string of the molecule is CSCC[C@H](NC(=O)[C@@H](N)CS)C(=O)N[C@@H](Cc1cnc[nH]1)C(=O)O. The van der Waals surface area contributed by atoms with Crippen molar-refractivity contribution in [1.29, 1.82) is 0 Å². The number of hydrogen-bond donors (Lipinski definition) is 6. The van der Waals surface area contributed by atoms with Crippen LogP contribution in [0.3, 0.4) is 0 Å². The Morgan fingerprint density at radius 3 is 2.56 bits per heavy atom. The summed E-state index contributed by atoms with van der Waals surface area (Å²) in [7, 11) is 0. The van der Waals surface area contributed by atoms with Gasteiger partial charge in [0, 0.05) is 24.1 Å². The number of thiol groups is 1. The van der Waals surface area contributed by atoms with Crippen molar-refractivity contribution >= 4 is 42.2 Å². The van der Waals surface area contributed by atoms with E-state index in [1.54, 1.807) is 0 Å². The quantitative estimate of drug-likeness (QED) is 0.266. The molecule has 1 heterocycles. The first-order valence-corrected chi connectivity index (χ1v) is 9.57. The van der Waals surface area contributed by atoms with Crippen molar-refractivity contribution < 1.29 is 19.5 Å². The lowest BCUT2D eigenvalue weighted by Gasteiger charge is -2.22. The van der Waals surface area contributed by atoms with Gasteiger partial charge in [-0.25, -0.2) is 9.78 Å². The molecule has 0 bridgehead atoms. The van der Waals surface area contributed by atoms with Crippen LogP contribution in [0.2, 0.25) is 0 Å². The molecule has 0 fully saturated rings. The minimum Gasteiger partial charge on any atom is -0.480 e. The number of H-pyrrole nitrogens is 1. The standard InChI is InChI=1S/C14H23N5O4S2/c1-25-3-2-10(18-12(20)9(15)6-24)13(21)19-11(14(22)23)4-8-5-16-7-17-8/h5,7,9-11,24H,2-4,6,15H2,1H3,(H,16,17)(H,18,20)(H,19,21)(H,22,23)/t9-,10-,11-/m0/s1. The minimum atomic E-state index is -1.18. The van der Waals surface area contributed by atoms with Gasteiger partial charge in [-0.15, -0.1) is 0 Å². The zero-order valence-electron chi connectivity index (χ0n) is 13.8. The van der Waals surface area contributed by atoms with Gasteiger partial charge < -0.3 is 26.5 Å². The maximum Gasteiger partial charge on any atom is 0.326 e. The van der Waals surface area contributed by atoms with E-state index in [-0.39, 0.29) is 12.2 Å². The summed E-state index contributed by atoms with van der Waals surface area (Å²) in [6.07, 6.45) is 5.20. The van der Waals surface area contributed by atoms with Crippen LogP contribution in [-0.2, 0) is 20.8 Å². The first kappa shape index (κ1) is 21.3. The number of carboxylic acid groups (broad SMARTS) is 1. The molecular weight excluding hydrogens is 366 g/mol. The maximum atomic E-state index is 12.5. The molecule has 0 saturated heterocycles. The van der Waals surface area contributed by atoms with E-state index in [1.165, 1.54) is 24.3 Å². The Morgan fingerprint density at radius 1 is 1.36 bits per heavy atom. The highest BCUT2D eigenvalue weighted by Crippen LogP contribution is 2.04. The second kappa shape index (κ2) is 11.0. The van der Waals surface area contributed by atoms with Crippen molar-refractivity contribution in [1.82, 2.24) is 20.6 Å². The summed E-state index contributed by atoms with van der Waals surface area (Å²) in [5.74, 6) is -1.49. The molecule has 0 radical (unpaired) electrons. The molecule has 0 aliphatic heterocycles. The number of carboxylic acids is 1. The molecule has 0 unspecified atom stereocenters. The van der Waals surface area contributed by atoms with Crippen LogP contribution >= 0.6 is 24.4 Å². The fourth-order valence-corrected chi connectivity index (χ4v) is 2.59. The minimum absolute atomic E-state index is 0.0560. The van der Waals surface area contributed by atoms with Gasteiger partial charge in [-0.3, -0.25) is 9.59 Å². The zero-order chi connectivity index (χ0) is 18.8. The predicted molar refractivity (Wildman–Crippen MR) is 98.6 cm³/mol. The number of aromatic nitrogens is 2. The average molecular weight is 390 g/mol. The lowest BCUT2D eigenvalue weighted by molar-refractivity contribution is -0.142. The number of carbonyl (C=O) groups is 3. The highest BCUT2D eigenvalue weighted by molar-refractivity contribution is 7.98. The van der Waals surface area contributed by atoms with Crippen molar-refractivity contribution in [2.75, 3.05) is 17.8 Å². The zero-order valence-corrected chi connectivity index (χ0v) is 15.5. The van der Waals surface area contributed by atoms with E-state index in [9.17, 15) is 19.5 Å². The van der Waals surface area contributed by atoms with E-state index >= 15 is 0 Å². The molecule has 25 heavy (non-hydrogen) atoms. The fraction of sp³-hybridized carbons (Fsp3) is 0.571. The van der Waals surface area contributed by atoms with E-state index in [1.807, 2.05) is 6.26 Å². The number of aliphatic carboxylic acids is 1. The number of nitrogens with zero attached hydrogens (tertiary/aromatic N) is 1. The van der Waals surface area contributed by atoms with E-state index in [2.05, 4.69) is 33.2 Å². The van der Waals surface area contributed by atoms with E-state index in [4.69, 9.17) is 5.73 Å². The van der Waals surface area contributed by atoms with Crippen LogP contribution in [-0.4, -0.2) is 68.7 Å². The van der Waals surface area contributed by atoms with E-state index in [0.717, 1.165) is 0 Å². The molecule has 11 heteroatoms. The van der Waals surface area contributed by atoms with Crippen LogP contribution in [0.5, 0.6) is 0 Å². The maximum absolute atomic E-state index is 12.5. The Kier molecular flexibility index (Phi) is 9.39. The Balaban J connectivity index is 2.76. The predicted octanol–water partition coefficient (Wildman–Crippen LogP) is -0.983. The monoisotopic (exact) mass is 389 g/mol. The molecule has 0 saturated carbocycles. The molecule has 2 amide bonds. The van der Waals surface area contributed by atoms with Crippen molar-refractivity contribution in [2.24, 2.45) is 5.73 Å². The average Bonchev–Trinajstić information content (AvgIpc) is 3.09. The van der Waals surface area contributed by atoms with Gasteiger partial charge in [-0.05, 0) is 18.4 Å². The molecular formula is C14H23N5O4S2. The molecule has 9 nitrogen and oxygen atoms in total. The third kappa shape index (κ3) is 7.36. The smallest absolute Gasteiger partial charge is 0.326 e. The van der Waals surface area contributed by atoms with Crippen LogP contribution in [0.15, 0.2) is 12.5 Å². The van der Waals surface area contributed by atoms with Crippen molar-refractivity contribution in [3.63, 3.8) is 0 Å². The Hall–Kier alpha value is -1.72. The molecule has 1 aromatic rings. The Morgan fingerprint density at radius 2 is 2.04 bits per heavy atom. The highest BCUT2D eigenvalue weighted by Gasteiger charge is 2.27. The number of thioether (sulfide) groups is 1. The van der Waals surface area contributed by atoms with Crippen LogP contribution in [0.4, 0.5) is 0 Å². The molecule has 0 aliphatic rings. The lowest BCUT2D eigenvalue weighted by Crippen LogP contribution is -2.55. The molecule has 0 aliphatic carbocycles. The first-order chi connectivity index (χ1) is 11.9. The van der Waals surface area contributed by atoms with Crippen LogP contribution in [0, 0.1) is 0 Å². The molecule has 0 spiro atoms. The number of amides is 2. The molecule has 1 aromatic heterocycles. The largest absolute Gasteiger partial charge is 0.480 e. The number of rotatable bonds is 11. The van der Waals surface area contributed by atoms with Gasteiger partial charge in [0.25, 0.3) is 0 Å². The summed E-state index contributed by atoms with van der Waals surface area (Å²) in [4.78, 5) is 42.4. The lowest BCUT2D eigenvalue weighted by atomic mass is 10.1. The van der Waals surface area contributed by atoms with Gasteiger partial charge in [-0.1, -0.05) is 0 Å². The van der Waals surface area contributed by atoms with Gasteiger partial charge in [0.2, 0.25) is 11.8 Å². The van der Waals surface area contributed by atoms with Crippen LogP contribution < -0.4 is 16.4 Å². The molecule has 6 N–H and O–H groups in total. The molecule has 140 valence electrons. The number of imidazole rings is 1. The van der Waals surface area contributed by atoms with Crippen molar-refractivity contribution in [3.05, 3.63) is 18.2 Å². The second-order valence-corrected chi connectivity index (χ2v) is 6.66. The van der Waals surface area contributed by atoms with Crippen LogP contribution in [0.25, 0.3) is 0 Å². The number of carbonyl (C=O) groups excluding carboxylic acids is 2. The summed E-state index contributed by atoms with van der Waals surface area (Å²) in [5.41, 5.74) is 6.18. The summed E-state index contributed by atoms with van der Waals surface area (Å²) >= 11 is 5.46. The van der Waals surface area contributed by atoms with Gasteiger partial charge in [0.05, 0.1) is 12.4 Å². The van der Waals surface area contributed by atoms with Crippen molar-refractivity contribution in [2.45, 2.75) is 31.0 Å². The topological polar surface area (TPSA) is 150 Å². The molecule has 1 rings (SSSR count). The summed E-state index contributed by atoms with van der Waals surface area (Å²) in [5, 5.41) is 14.3. The van der Waals surface area contributed by atoms with Gasteiger partial charge in [0.1, 0.15) is 12.1 Å². The summed E-state index contributed by atoms with van der Waals surface area (Å²) < 4.78 is 0. The van der Waals surface area contributed by atoms with E-state index < -0.39 is 35.9 Å². The molecule has 0 aromatic carbocycles. The third-order valence-corrected chi connectivity index (χ3v) is 4.41. The van der Waals surface area contributed by atoms with Crippen molar-refractivity contribution in [3.8, 4) is 0 Å². The highest BCUT2D eigenvalue weighted by atomic mass is 32.2. The molecule has 3 atom stereocenters. The van der Waals surface area contributed by atoms with Gasteiger partial charge in [0.15, 0.2) is 0 Å². The number of nitrogens with one attached hydrogen (secondary N) is 3. The summed E-state index contributed by atoms with van der Waals surface area (Å²) in [6, 6.07) is -2.84. The number of hydrogen-bond acceptors (Lipinski definition) is 7. The second-order valence-electron chi connectivity index (χ2n) is 5.31. The Labute approximate surface area is 155 Å². The van der Waals surface area contributed by atoms with Gasteiger partial charge >= 0.3 is 5.97 Å². The number of nitrogens with two attached hydrogens (primary N) is 1. The summed E-state index contributed by atoms with van der Waals surface area (Å²) in [6.45, 7) is 0. The van der Waals surface area contributed by atoms with Crippen LogP contribution in [0.1, 0.15) is 12.1 Å². The normalized spacial score (nSPS) is 14.4. The van der Waals surface area contributed by atoms with Gasteiger partial charge in [-0.2, -0.15) is 24.4 Å². The first-order valence-electron chi connectivity index (χ1n) is 7.55.